The van der Waals surface area contributed by atoms with Gasteiger partial charge in [-0.3, -0.25) is 9.89 Å². The zero-order valence-electron chi connectivity index (χ0n) is 9.58. The van der Waals surface area contributed by atoms with Gasteiger partial charge in [-0.05, 0) is 6.42 Å². The second-order valence-corrected chi connectivity index (χ2v) is 3.44. The number of hydrogen-bond acceptors (Lipinski definition) is 3. The summed E-state index contributed by atoms with van der Waals surface area (Å²) in [6, 6.07) is -0.249. The summed E-state index contributed by atoms with van der Waals surface area (Å²) in [5.41, 5.74) is 0. The van der Waals surface area contributed by atoms with E-state index in [1.807, 2.05) is 13.8 Å². The summed E-state index contributed by atoms with van der Waals surface area (Å²) in [7, 11) is 0. The molecule has 1 heterocycles. The van der Waals surface area contributed by atoms with Crippen LogP contribution < -0.4 is 5.32 Å². The zero-order chi connectivity index (χ0) is 12.0. The number of carbonyl (C=O) groups is 1. The molecule has 1 aromatic heterocycles. The van der Waals surface area contributed by atoms with Crippen LogP contribution in [0.25, 0.3) is 0 Å². The van der Waals surface area contributed by atoms with Crippen LogP contribution in [0.5, 0.6) is 0 Å². The normalized spacial score (nSPS) is 11.8. The number of amides is 1. The van der Waals surface area contributed by atoms with Crippen molar-refractivity contribution in [2.75, 3.05) is 0 Å². The lowest BCUT2D eigenvalue weighted by Gasteiger charge is -2.09. The maximum Gasteiger partial charge on any atom is 0.291 e. The molecule has 0 aliphatic carbocycles. The Kier molecular flexibility index (Phi) is 4.52. The zero-order valence-corrected chi connectivity index (χ0v) is 9.58. The van der Waals surface area contributed by atoms with Gasteiger partial charge in [0.2, 0.25) is 5.82 Å². The third kappa shape index (κ3) is 3.09. The maximum absolute atomic E-state index is 11.7. The molecule has 2 N–H and O–H groups in total. The fourth-order valence-corrected chi connectivity index (χ4v) is 1.26. The first kappa shape index (κ1) is 12.2. The number of H-pyrrole nitrogens is 1. The lowest BCUT2D eigenvalue weighted by molar-refractivity contribution is 0.0934. The van der Waals surface area contributed by atoms with E-state index >= 15 is 0 Å². The number of rotatable bonds is 5. The molecule has 0 saturated heterocycles. The van der Waals surface area contributed by atoms with Gasteiger partial charge in [-0.2, -0.15) is 0 Å². The fraction of sp³-hybridized carbons (Fsp3) is 0.545. The largest absolute Gasteiger partial charge is 0.336 e. The summed E-state index contributed by atoms with van der Waals surface area (Å²) < 4.78 is 0. The summed E-state index contributed by atoms with van der Waals surface area (Å²) in [5, 5.41) is 9.20. The van der Waals surface area contributed by atoms with Gasteiger partial charge in [0, 0.05) is 6.42 Å². The number of aryl methyl sites for hydroxylation is 1. The molecule has 16 heavy (non-hydrogen) atoms. The molecular weight excluding hydrogens is 204 g/mol. The van der Waals surface area contributed by atoms with E-state index in [1.165, 1.54) is 0 Å². The van der Waals surface area contributed by atoms with Crippen molar-refractivity contribution in [3.63, 3.8) is 0 Å². The highest BCUT2D eigenvalue weighted by Crippen LogP contribution is 1.98. The van der Waals surface area contributed by atoms with Crippen molar-refractivity contribution in [3.8, 4) is 12.3 Å². The number of nitrogens with one attached hydrogen (secondary N) is 2. The molecule has 0 saturated carbocycles. The number of aromatic amines is 1. The van der Waals surface area contributed by atoms with Crippen LogP contribution >= 0.6 is 0 Å². The van der Waals surface area contributed by atoms with E-state index in [9.17, 15) is 4.79 Å². The van der Waals surface area contributed by atoms with Crippen molar-refractivity contribution in [2.45, 2.75) is 39.2 Å². The Bertz CT molecular complexity index is 391. The first-order valence-corrected chi connectivity index (χ1v) is 5.39. The molecule has 1 amide bonds. The molecule has 1 aromatic rings. The third-order valence-corrected chi connectivity index (χ3v) is 2.15. The highest BCUT2D eigenvalue weighted by molar-refractivity contribution is 5.90. The molecule has 0 fully saturated rings. The molecule has 5 nitrogen and oxygen atoms in total. The molecule has 0 bridgehead atoms. The summed E-state index contributed by atoms with van der Waals surface area (Å²) in [6.07, 6.45) is 7.70. The number of terminal acetylenes is 1. The SMILES string of the molecule is C#CC(CCC)NC(=O)c1n[nH]c(CC)n1. The number of hydrogen-bond donors (Lipinski definition) is 2. The summed E-state index contributed by atoms with van der Waals surface area (Å²) >= 11 is 0. The van der Waals surface area contributed by atoms with E-state index in [1.54, 1.807) is 0 Å². The van der Waals surface area contributed by atoms with Crippen LogP contribution in [-0.2, 0) is 6.42 Å². The lowest BCUT2D eigenvalue weighted by atomic mass is 10.2. The fourth-order valence-electron chi connectivity index (χ4n) is 1.26. The van der Waals surface area contributed by atoms with Crippen LogP contribution in [0, 0.1) is 12.3 Å². The Morgan fingerprint density at radius 2 is 2.38 bits per heavy atom. The molecule has 0 radical (unpaired) electrons. The maximum atomic E-state index is 11.7. The van der Waals surface area contributed by atoms with Gasteiger partial charge in [-0.25, -0.2) is 4.98 Å². The molecule has 0 aliphatic heterocycles. The van der Waals surface area contributed by atoms with Crippen LogP contribution in [0.15, 0.2) is 0 Å². The first-order chi connectivity index (χ1) is 7.71. The number of aromatic nitrogens is 3. The lowest BCUT2D eigenvalue weighted by Crippen LogP contribution is -2.34. The molecular formula is C11H16N4O. The minimum atomic E-state index is -0.327. The van der Waals surface area contributed by atoms with Crippen molar-refractivity contribution >= 4 is 5.91 Å². The van der Waals surface area contributed by atoms with Crippen LogP contribution in [0.1, 0.15) is 43.1 Å². The Morgan fingerprint density at radius 3 is 2.88 bits per heavy atom. The second-order valence-electron chi connectivity index (χ2n) is 3.44. The Morgan fingerprint density at radius 1 is 1.62 bits per heavy atom. The summed E-state index contributed by atoms with van der Waals surface area (Å²) in [5.74, 6) is 3.04. The van der Waals surface area contributed by atoms with E-state index in [4.69, 9.17) is 6.42 Å². The first-order valence-electron chi connectivity index (χ1n) is 5.39. The van der Waals surface area contributed by atoms with Gasteiger partial charge in [0.15, 0.2) is 0 Å². The van der Waals surface area contributed by atoms with Crippen molar-refractivity contribution in [2.24, 2.45) is 0 Å². The smallest absolute Gasteiger partial charge is 0.291 e. The molecule has 5 heteroatoms. The number of carbonyl (C=O) groups excluding carboxylic acids is 1. The van der Waals surface area contributed by atoms with Crippen molar-refractivity contribution in [1.29, 1.82) is 0 Å². The van der Waals surface area contributed by atoms with E-state index in [-0.39, 0.29) is 17.8 Å². The monoisotopic (exact) mass is 220 g/mol. The van der Waals surface area contributed by atoms with Gasteiger partial charge in [0.1, 0.15) is 5.82 Å². The topological polar surface area (TPSA) is 70.7 Å². The third-order valence-electron chi connectivity index (χ3n) is 2.15. The van der Waals surface area contributed by atoms with E-state index in [0.717, 1.165) is 12.8 Å². The molecule has 0 aliphatic rings. The van der Waals surface area contributed by atoms with Crippen LogP contribution in [-0.4, -0.2) is 27.1 Å². The quantitative estimate of drug-likeness (QED) is 0.724. The molecule has 1 rings (SSSR count). The van der Waals surface area contributed by atoms with Crippen LogP contribution in [0.2, 0.25) is 0 Å². The Labute approximate surface area is 95.0 Å². The Hall–Kier alpha value is -1.83. The van der Waals surface area contributed by atoms with Gasteiger partial charge >= 0.3 is 0 Å². The van der Waals surface area contributed by atoms with Gasteiger partial charge < -0.3 is 5.32 Å². The predicted molar refractivity (Wildman–Crippen MR) is 60.8 cm³/mol. The highest BCUT2D eigenvalue weighted by Gasteiger charge is 2.14. The average Bonchev–Trinajstić information content (AvgIpc) is 2.76. The van der Waals surface area contributed by atoms with Gasteiger partial charge in [-0.15, -0.1) is 11.5 Å². The molecule has 1 unspecified atom stereocenters. The predicted octanol–water partition coefficient (Wildman–Crippen LogP) is 0.899. The Balaban J connectivity index is 2.61. The van der Waals surface area contributed by atoms with E-state index in [0.29, 0.717) is 12.2 Å². The molecule has 0 aromatic carbocycles. The van der Waals surface area contributed by atoms with Gasteiger partial charge in [0.25, 0.3) is 5.91 Å². The van der Waals surface area contributed by atoms with Crippen molar-refractivity contribution in [1.82, 2.24) is 20.5 Å². The summed E-state index contributed by atoms with van der Waals surface area (Å²) in [6.45, 7) is 3.95. The minimum Gasteiger partial charge on any atom is -0.336 e. The average molecular weight is 220 g/mol. The van der Waals surface area contributed by atoms with Gasteiger partial charge in [0.05, 0.1) is 6.04 Å². The highest BCUT2D eigenvalue weighted by atomic mass is 16.2. The van der Waals surface area contributed by atoms with Crippen LogP contribution in [0.4, 0.5) is 0 Å². The van der Waals surface area contributed by atoms with Crippen molar-refractivity contribution in [3.05, 3.63) is 11.6 Å². The van der Waals surface area contributed by atoms with Crippen molar-refractivity contribution < 1.29 is 4.79 Å². The molecule has 86 valence electrons. The van der Waals surface area contributed by atoms with Crippen LogP contribution in [0.3, 0.4) is 0 Å². The minimum absolute atomic E-state index is 0.146. The molecule has 0 spiro atoms. The molecule has 1 atom stereocenters. The standard InChI is InChI=1S/C11H16N4O/c1-4-7-8(5-2)12-11(16)10-13-9(6-3)14-15-10/h2,8H,4,6-7H2,1,3H3,(H,12,16)(H,13,14,15). The number of nitrogens with zero attached hydrogens (tertiary/aromatic N) is 2. The van der Waals surface area contributed by atoms with E-state index < -0.39 is 0 Å². The van der Waals surface area contributed by atoms with Gasteiger partial charge in [-0.1, -0.05) is 26.2 Å². The van der Waals surface area contributed by atoms with E-state index in [2.05, 4.69) is 26.4 Å². The summed E-state index contributed by atoms with van der Waals surface area (Å²) in [4.78, 5) is 15.7. The second kappa shape index (κ2) is 5.91.